The van der Waals surface area contributed by atoms with Crippen molar-refractivity contribution >= 4 is 32.8 Å². The van der Waals surface area contributed by atoms with Crippen LogP contribution in [-0.4, -0.2) is 53.8 Å². The number of H-pyrrole nitrogens is 1. The zero-order valence-electron chi connectivity index (χ0n) is 19.0. The number of rotatable bonds is 8. The summed E-state index contributed by atoms with van der Waals surface area (Å²) >= 11 is 0. The number of hydrogen-bond donors (Lipinski definition) is 3. The van der Waals surface area contributed by atoms with E-state index in [1.807, 2.05) is 24.3 Å². The van der Waals surface area contributed by atoms with Crippen molar-refractivity contribution < 1.29 is 23.1 Å². The van der Waals surface area contributed by atoms with Gasteiger partial charge in [-0.2, -0.15) is 4.31 Å². The first kappa shape index (κ1) is 24.0. The van der Waals surface area contributed by atoms with Gasteiger partial charge in [0.15, 0.2) is 0 Å². The maximum Gasteiger partial charge on any atom is 0.326 e. The number of amides is 1. The minimum Gasteiger partial charge on any atom is -0.480 e. The van der Waals surface area contributed by atoms with Gasteiger partial charge in [0, 0.05) is 42.2 Å². The van der Waals surface area contributed by atoms with Crippen molar-refractivity contribution in [2.24, 2.45) is 0 Å². The second-order valence-corrected chi connectivity index (χ2v) is 10.8. The zero-order valence-corrected chi connectivity index (χ0v) is 19.8. The van der Waals surface area contributed by atoms with E-state index >= 15 is 0 Å². The molecule has 9 heteroatoms. The Morgan fingerprint density at radius 1 is 1.09 bits per heavy atom. The van der Waals surface area contributed by atoms with E-state index < -0.39 is 27.9 Å². The van der Waals surface area contributed by atoms with Crippen LogP contribution < -0.4 is 5.32 Å². The fourth-order valence-electron chi connectivity index (χ4n) is 4.55. The number of carboxylic acids is 1. The summed E-state index contributed by atoms with van der Waals surface area (Å²) in [5.41, 5.74) is 1.88. The van der Waals surface area contributed by atoms with Gasteiger partial charge < -0.3 is 15.4 Å². The number of hydrogen-bond acceptors (Lipinski definition) is 4. The van der Waals surface area contributed by atoms with Gasteiger partial charge in [0.1, 0.15) is 6.04 Å². The summed E-state index contributed by atoms with van der Waals surface area (Å²) < 4.78 is 27.5. The number of nitrogens with zero attached hydrogens (tertiary/aromatic N) is 1. The highest BCUT2D eigenvalue weighted by atomic mass is 32.2. The van der Waals surface area contributed by atoms with Crippen molar-refractivity contribution in [1.29, 1.82) is 0 Å². The van der Waals surface area contributed by atoms with E-state index in [1.165, 1.54) is 28.6 Å². The molecule has 0 aliphatic heterocycles. The molecule has 4 rings (SSSR count). The first-order chi connectivity index (χ1) is 16.3. The third kappa shape index (κ3) is 5.00. The van der Waals surface area contributed by atoms with E-state index in [1.54, 1.807) is 13.2 Å². The van der Waals surface area contributed by atoms with Gasteiger partial charge >= 0.3 is 5.97 Å². The van der Waals surface area contributed by atoms with Crippen molar-refractivity contribution in [3.05, 3.63) is 65.9 Å². The highest BCUT2D eigenvalue weighted by Gasteiger charge is 2.29. The Hall–Kier alpha value is -3.17. The number of carbonyl (C=O) groups excluding carboxylic acids is 1. The Labute approximate surface area is 199 Å². The molecule has 0 saturated heterocycles. The molecule has 1 aliphatic carbocycles. The molecule has 2 aromatic carbocycles. The predicted octanol–water partition coefficient (Wildman–Crippen LogP) is 3.55. The monoisotopic (exact) mass is 483 g/mol. The molecule has 3 aromatic rings. The Morgan fingerprint density at radius 2 is 1.76 bits per heavy atom. The normalized spacial score (nSPS) is 15.9. The fourth-order valence-corrected chi connectivity index (χ4v) is 5.96. The Bertz CT molecular complexity index is 1280. The van der Waals surface area contributed by atoms with Crippen LogP contribution >= 0.6 is 0 Å². The van der Waals surface area contributed by atoms with Crippen LogP contribution in [0.25, 0.3) is 10.9 Å². The van der Waals surface area contributed by atoms with E-state index in [0.29, 0.717) is 0 Å². The summed E-state index contributed by atoms with van der Waals surface area (Å²) in [6.07, 6.45) is 6.73. The third-order valence-electron chi connectivity index (χ3n) is 6.58. The van der Waals surface area contributed by atoms with Crippen LogP contribution in [-0.2, 0) is 21.2 Å². The summed E-state index contributed by atoms with van der Waals surface area (Å²) in [5, 5.41) is 13.1. The van der Waals surface area contributed by atoms with Crippen molar-refractivity contribution in [1.82, 2.24) is 14.6 Å². The molecule has 1 heterocycles. The van der Waals surface area contributed by atoms with E-state index in [-0.39, 0.29) is 22.9 Å². The molecule has 1 amide bonds. The molecule has 1 aromatic heterocycles. The van der Waals surface area contributed by atoms with Crippen LogP contribution in [0, 0.1) is 0 Å². The average Bonchev–Trinajstić information content (AvgIpc) is 3.26. The maximum absolute atomic E-state index is 13.0. The Morgan fingerprint density at radius 3 is 2.44 bits per heavy atom. The largest absolute Gasteiger partial charge is 0.480 e. The second-order valence-electron chi connectivity index (χ2n) is 8.77. The lowest BCUT2D eigenvalue weighted by atomic mass is 9.96. The summed E-state index contributed by atoms with van der Waals surface area (Å²) in [6.45, 7) is 0. The van der Waals surface area contributed by atoms with Crippen LogP contribution in [0.15, 0.2) is 59.6 Å². The van der Waals surface area contributed by atoms with Crippen LogP contribution in [0.2, 0.25) is 0 Å². The molecule has 1 fully saturated rings. The molecule has 0 radical (unpaired) electrons. The Balaban J connectivity index is 1.46. The minimum absolute atomic E-state index is 0.0115. The number of aromatic amines is 1. The molecule has 180 valence electrons. The lowest BCUT2D eigenvalue weighted by molar-refractivity contribution is -0.139. The van der Waals surface area contributed by atoms with E-state index in [4.69, 9.17) is 0 Å². The summed E-state index contributed by atoms with van der Waals surface area (Å²) in [5.74, 6) is -1.72. The van der Waals surface area contributed by atoms with Crippen LogP contribution in [0.3, 0.4) is 0 Å². The molecule has 1 saturated carbocycles. The number of aliphatic carboxylic acids is 1. The summed E-state index contributed by atoms with van der Waals surface area (Å²) in [6, 6.07) is 12.0. The molecule has 0 bridgehead atoms. The average molecular weight is 484 g/mol. The van der Waals surface area contributed by atoms with Gasteiger partial charge in [-0.15, -0.1) is 0 Å². The SMILES string of the molecule is CN(C1CCCCC1)S(=O)(=O)c1ccc(C(=O)N[C@@H](Cc2c[nH]c3ccccc23)C(=O)O)cc1. The van der Waals surface area contributed by atoms with E-state index in [2.05, 4.69) is 10.3 Å². The highest BCUT2D eigenvalue weighted by Crippen LogP contribution is 2.26. The lowest BCUT2D eigenvalue weighted by Crippen LogP contribution is -2.42. The molecule has 0 unspecified atom stereocenters. The number of fused-ring (bicyclic) bond motifs is 1. The van der Waals surface area contributed by atoms with Gasteiger partial charge in [-0.1, -0.05) is 37.5 Å². The van der Waals surface area contributed by atoms with Crippen molar-refractivity contribution in [2.45, 2.75) is 55.5 Å². The molecule has 1 atom stereocenters. The standard InChI is InChI=1S/C25H29N3O5S/c1-28(19-7-3-2-4-8-19)34(32,33)20-13-11-17(12-14-20)24(29)27-23(25(30)31)15-18-16-26-22-10-6-5-9-21(18)22/h5-6,9-14,16,19,23,26H,2-4,7-8,15H2,1H3,(H,27,29)(H,30,31)/t23-/m0/s1. The van der Waals surface area contributed by atoms with Gasteiger partial charge in [-0.3, -0.25) is 4.79 Å². The van der Waals surface area contributed by atoms with Gasteiger partial charge in [-0.05, 0) is 48.7 Å². The predicted molar refractivity (Wildman–Crippen MR) is 129 cm³/mol. The first-order valence-electron chi connectivity index (χ1n) is 11.4. The topological polar surface area (TPSA) is 120 Å². The second kappa shape index (κ2) is 9.99. The third-order valence-corrected chi connectivity index (χ3v) is 8.51. The quantitative estimate of drug-likeness (QED) is 0.453. The van der Waals surface area contributed by atoms with E-state index in [9.17, 15) is 23.1 Å². The highest BCUT2D eigenvalue weighted by molar-refractivity contribution is 7.89. The zero-order chi connectivity index (χ0) is 24.3. The van der Waals surface area contributed by atoms with Crippen molar-refractivity contribution in [2.75, 3.05) is 7.05 Å². The van der Waals surface area contributed by atoms with Crippen LogP contribution in [0.1, 0.15) is 48.0 Å². The molecule has 1 aliphatic rings. The molecule has 8 nitrogen and oxygen atoms in total. The molecule has 3 N–H and O–H groups in total. The van der Waals surface area contributed by atoms with Gasteiger partial charge in [-0.25, -0.2) is 13.2 Å². The number of carboxylic acid groups (broad SMARTS) is 1. The number of para-hydroxylation sites is 1. The maximum atomic E-state index is 13.0. The van der Waals surface area contributed by atoms with Crippen LogP contribution in [0.4, 0.5) is 0 Å². The summed E-state index contributed by atoms with van der Waals surface area (Å²) in [4.78, 5) is 27.8. The van der Waals surface area contributed by atoms with E-state index in [0.717, 1.165) is 48.6 Å². The fraction of sp³-hybridized carbons (Fsp3) is 0.360. The van der Waals surface area contributed by atoms with Gasteiger partial charge in [0.2, 0.25) is 10.0 Å². The minimum atomic E-state index is -3.67. The number of carbonyl (C=O) groups is 2. The number of nitrogens with one attached hydrogen (secondary N) is 2. The first-order valence-corrected chi connectivity index (χ1v) is 12.9. The Kier molecular flexibility index (Phi) is 7.04. The smallest absolute Gasteiger partial charge is 0.326 e. The lowest BCUT2D eigenvalue weighted by Gasteiger charge is -2.30. The van der Waals surface area contributed by atoms with Crippen molar-refractivity contribution in [3.63, 3.8) is 0 Å². The number of sulfonamides is 1. The van der Waals surface area contributed by atoms with Gasteiger partial charge in [0.05, 0.1) is 4.90 Å². The molecular weight excluding hydrogens is 454 g/mol. The number of benzene rings is 2. The van der Waals surface area contributed by atoms with Crippen LogP contribution in [0.5, 0.6) is 0 Å². The summed E-state index contributed by atoms with van der Waals surface area (Å²) in [7, 11) is -2.06. The van der Waals surface area contributed by atoms with Gasteiger partial charge in [0.25, 0.3) is 5.91 Å². The molecule has 0 spiro atoms. The molecule has 34 heavy (non-hydrogen) atoms. The van der Waals surface area contributed by atoms with Crippen molar-refractivity contribution in [3.8, 4) is 0 Å². The molecular formula is C25H29N3O5S. The number of aromatic nitrogens is 1.